The first kappa shape index (κ1) is 14.8. The Morgan fingerprint density at radius 1 is 1.07 bits per heavy atom. The smallest absolute Gasteiger partial charge is 0.317 e. The van der Waals surface area contributed by atoms with Crippen LogP contribution < -0.4 is 5.32 Å². The lowest BCUT2D eigenvalue weighted by Gasteiger charge is -2.16. The molecule has 0 aliphatic carbocycles. The van der Waals surface area contributed by atoms with Crippen molar-refractivity contribution in [2.24, 2.45) is 0 Å². The highest BCUT2D eigenvalue weighted by atomic mass is 19.4. The summed E-state index contributed by atoms with van der Waals surface area (Å²) in [5.41, 5.74) is 0. The molecular weight excluding hydrogens is 203 g/mol. The van der Waals surface area contributed by atoms with Crippen LogP contribution in [0.15, 0.2) is 0 Å². The third-order valence-electron chi connectivity index (χ3n) is 2.58. The van der Waals surface area contributed by atoms with Crippen LogP contribution in [-0.2, 0) is 0 Å². The third-order valence-corrected chi connectivity index (χ3v) is 2.58. The first-order valence-electron chi connectivity index (χ1n) is 5.73. The maximum atomic E-state index is 11.9. The summed E-state index contributed by atoms with van der Waals surface area (Å²) >= 11 is 0. The van der Waals surface area contributed by atoms with Gasteiger partial charge in [-0.25, -0.2) is 0 Å². The number of alkyl halides is 3. The molecule has 0 aliphatic rings. The molecule has 0 saturated heterocycles. The zero-order chi connectivity index (χ0) is 11.7. The van der Waals surface area contributed by atoms with Crippen LogP contribution in [0.3, 0.4) is 0 Å². The summed E-state index contributed by atoms with van der Waals surface area (Å²) in [6, 6.07) is 0.249. The van der Waals surface area contributed by atoms with Crippen LogP contribution in [0.5, 0.6) is 0 Å². The molecule has 0 bridgehead atoms. The van der Waals surface area contributed by atoms with Gasteiger partial charge in [-0.1, -0.05) is 26.2 Å². The van der Waals surface area contributed by atoms with Gasteiger partial charge in [-0.05, 0) is 26.3 Å². The number of halogens is 3. The van der Waals surface area contributed by atoms with Gasteiger partial charge < -0.3 is 5.32 Å². The van der Waals surface area contributed by atoms with Crippen molar-refractivity contribution < 1.29 is 13.2 Å². The van der Waals surface area contributed by atoms with Gasteiger partial charge in [-0.15, -0.1) is 0 Å². The van der Waals surface area contributed by atoms with Crippen molar-refractivity contribution in [3.8, 4) is 0 Å². The average molecular weight is 225 g/mol. The number of hydrogen-bond acceptors (Lipinski definition) is 1. The summed E-state index contributed by atoms with van der Waals surface area (Å²) in [6.45, 7) is 2.12. The van der Waals surface area contributed by atoms with Crippen molar-refractivity contribution in [3.63, 3.8) is 0 Å². The van der Waals surface area contributed by atoms with Gasteiger partial charge in [0.05, 0.1) is 0 Å². The molecule has 0 saturated carbocycles. The molecule has 0 spiro atoms. The van der Waals surface area contributed by atoms with Crippen LogP contribution in [-0.4, -0.2) is 19.3 Å². The zero-order valence-electron chi connectivity index (χ0n) is 9.66. The Labute approximate surface area is 90.4 Å². The second-order valence-electron chi connectivity index (χ2n) is 3.99. The molecule has 0 heterocycles. The lowest BCUT2D eigenvalue weighted by molar-refractivity contribution is -0.135. The van der Waals surface area contributed by atoms with Crippen molar-refractivity contribution in [2.75, 3.05) is 7.05 Å². The summed E-state index contributed by atoms with van der Waals surface area (Å²) < 4.78 is 35.7. The molecule has 0 amide bonds. The lowest BCUT2D eigenvalue weighted by Crippen LogP contribution is -2.25. The number of rotatable bonds is 8. The minimum absolute atomic E-state index is 0.237. The molecule has 0 radical (unpaired) electrons. The van der Waals surface area contributed by atoms with Crippen LogP contribution in [0, 0.1) is 0 Å². The molecule has 1 N–H and O–H groups in total. The van der Waals surface area contributed by atoms with Crippen LogP contribution in [0.2, 0.25) is 0 Å². The van der Waals surface area contributed by atoms with E-state index in [9.17, 15) is 13.2 Å². The quantitative estimate of drug-likeness (QED) is 0.618. The number of hydrogen-bond donors (Lipinski definition) is 1. The van der Waals surface area contributed by atoms with E-state index >= 15 is 0 Å². The average Bonchev–Trinajstić information content (AvgIpc) is 2.14. The van der Waals surface area contributed by atoms with Crippen LogP contribution in [0.1, 0.15) is 51.9 Å². The fourth-order valence-electron chi connectivity index (χ4n) is 1.62. The molecule has 1 atom stereocenters. The van der Waals surface area contributed by atoms with Crippen molar-refractivity contribution >= 4 is 0 Å². The number of unbranched alkanes of at least 4 members (excludes halogenated alkanes) is 2. The van der Waals surface area contributed by atoms with E-state index in [2.05, 4.69) is 12.2 Å². The first-order valence-corrected chi connectivity index (χ1v) is 5.73. The van der Waals surface area contributed by atoms with E-state index in [1.54, 1.807) is 0 Å². The molecule has 1 unspecified atom stereocenters. The van der Waals surface area contributed by atoms with Gasteiger partial charge >= 0.3 is 6.18 Å². The van der Waals surface area contributed by atoms with Crippen molar-refractivity contribution in [2.45, 2.75) is 64.1 Å². The van der Waals surface area contributed by atoms with Crippen LogP contribution >= 0.6 is 0 Å². The Bertz CT molecular complexity index is 145. The molecule has 1 nitrogen and oxygen atoms in total. The van der Waals surface area contributed by atoms with Gasteiger partial charge in [0.25, 0.3) is 0 Å². The van der Waals surface area contributed by atoms with E-state index in [1.165, 1.54) is 0 Å². The largest absolute Gasteiger partial charge is 0.389 e. The second kappa shape index (κ2) is 7.97. The molecular formula is C11H22F3N. The Morgan fingerprint density at radius 2 is 1.67 bits per heavy atom. The van der Waals surface area contributed by atoms with Gasteiger partial charge in [-0.2, -0.15) is 13.2 Å². The summed E-state index contributed by atoms with van der Waals surface area (Å²) in [7, 11) is 1.82. The topological polar surface area (TPSA) is 12.0 Å². The Balaban J connectivity index is 3.52. The molecule has 4 heteroatoms. The van der Waals surface area contributed by atoms with Gasteiger partial charge in [0.1, 0.15) is 0 Å². The molecule has 0 aromatic rings. The fraction of sp³-hybridized carbons (Fsp3) is 1.00. The van der Waals surface area contributed by atoms with E-state index in [1.807, 2.05) is 7.05 Å². The lowest BCUT2D eigenvalue weighted by atomic mass is 10.0. The van der Waals surface area contributed by atoms with Crippen molar-refractivity contribution in [3.05, 3.63) is 0 Å². The molecule has 15 heavy (non-hydrogen) atoms. The highest BCUT2D eigenvalue weighted by Crippen LogP contribution is 2.23. The Morgan fingerprint density at radius 3 is 2.13 bits per heavy atom. The van der Waals surface area contributed by atoms with Gasteiger partial charge in [0.15, 0.2) is 0 Å². The minimum atomic E-state index is -4.00. The van der Waals surface area contributed by atoms with Gasteiger partial charge in [0.2, 0.25) is 0 Å². The maximum Gasteiger partial charge on any atom is 0.389 e. The van der Waals surface area contributed by atoms with Gasteiger partial charge in [-0.3, -0.25) is 0 Å². The maximum absolute atomic E-state index is 11.9. The predicted octanol–water partition coefficient (Wildman–Crippen LogP) is 3.89. The molecule has 0 aromatic heterocycles. The Kier molecular flexibility index (Phi) is 7.83. The van der Waals surface area contributed by atoms with E-state index in [0.717, 1.165) is 25.7 Å². The molecule has 0 aromatic carbocycles. The third kappa shape index (κ3) is 10.0. The summed E-state index contributed by atoms with van der Waals surface area (Å²) in [5.74, 6) is 0. The summed E-state index contributed by atoms with van der Waals surface area (Å²) in [6.07, 6.45) is 0.619. The number of nitrogens with one attached hydrogen (secondary N) is 1. The normalized spacial score (nSPS) is 14.2. The molecule has 0 fully saturated rings. The Hall–Kier alpha value is -0.250. The van der Waals surface area contributed by atoms with E-state index < -0.39 is 12.6 Å². The monoisotopic (exact) mass is 225 g/mol. The summed E-state index contributed by atoms with van der Waals surface area (Å²) in [5, 5.41) is 3.08. The highest BCUT2D eigenvalue weighted by molar-refractivity contribution is 4.65. The first-order chi connectivity index (χ1) is 6.99. The standard InChI is InChI=1S/C11H22F3N/c1-3-4-5-7-10(15-2)8-6-9-11(12,13)14/h10,15H,3-9H2,1-2H3. The zero-order valence-corrected chi connectivity index (χ0v) is 9.66. The van der Waals surface area contributed by atoms with Gasteiger partial charge in [0, 0.05) is 12.5 Å². The fourth-order valence-corrected chi connectivity index (χ4v) is 1.62. The van der Waals surface area contributed by atoms with E-state index in [4.69, 9.17) is 0 Å². The highest BCUT2D eigenvalue weighted by Gasteiger charge is 2.26. The van der Waals surface area contributed by atoms with E-state index in [0.29, 0.717) is 6.42 Å². The van der Waals surface area contributed by atoms with Crippen LogP contribution in [0.25, 0.3) is 0 Å². The van der Waals surface area contributed by atoms with Crippen molar-refractivity contribution in [1.29, 1.82) is 0 Å². The second-order valence-corrected chi connectivity index (χ2v) is 3.99. The molecule has 92 valence electrons. The van der Waals surface area contributed by atoms with Crippen molar-refractivity contribution in [1.82, 2.24) is 5.32 Å². The SMILES string of the molecule is CCCCCC(CCCC(F)(F)F)NC. The molecule has 0 aliphatic heterocycles. The van der Waals surface area contributed by atoms with Crippen LogP contribution in [0.4, 0.5) is 13.2 Å². The van der Waals surface area contributed by atoms with E-state index in [-0.39, 0.29) is 12.5 Å². The minimum Gasteiger partial charge on any atom is -0.317 e. The predicted molar refractivity (Wildman–Crippen MR) is 56.9 cm³/mol. The molecule has 0 rings (SSSR count). The summed E-state index contributed by atoms with van der Waals surface area (Å²) in [4.78, 5) is 0.